The van der Waals surface area contributed by atoms with E-state index < -0.39 is 12.2 Å². The van der Waals surface area contributed by atoms with Gasteiger partial charge < -0.3 is 24.6 Å². The van der Waals surface area contributed by atoms with Crippen LogP contribution in [0, 0.1) is 0 Å². The summed E-state index contributed by atoms with van der Waals surface area (Å²) in [5.41, 5.74) is 1.42. The number of hydrogen-bond acceptors (Lipinski definition) is 5. The zero-order valence-electron chi connectivity index (χ0n) is 17.8. The molecule has 5 heteroatoms. The second-order valence-electron chi connectivity index (χ2n) is 8.83. The van der Waals surface area contributed by atoms with Crippen molar-refractivity contribution in [1.29, 1.82) is 0 Å². The van der Waals surface area contributed by atoms with Gasteiger partial charge in [-0.15, -0.1) is 0 Å². The van der Waals surface area contributed by atoms with Crippen LogP contribution >= 0.6 is 0 Å². The average molecular weight is 420 g/mol. The fourth-order valence-electron chi connectivity index (χ4n) is 4.96. The summed E-state index contributed by atoms with van der Waals surface area (Å²) in [6.45, 7) is 2.26. The van der Waals surface area contributed by atoms with Gasteiger partial charge >= 0.3 is 0 Å². The van der Waals surface area contributed by atoms with Gasteiger partial charge in [0.1, 0.15) is 17.1 Å². The van der Waals surface area contributed by atoms with Crippen LogP contribution in [0.3, 0.4) is 0 Å². The maximum absolute atomic E-state index is 10.8. The fourth-order valence-corrected chi connectivity index (χ4v) is 4.96. The summed E-state index contributed by atoms with van der Waals surface area (Å²) in [5.74, 6) is 1.46. The van der Waals surface area contributed by atoms with Crippen LogP contribution in [0.15, 0.2) is 60.7 Å². The van der Waals surface area contributed by atoms with Crippen molar-refractivity contribution in [1.82, 2.24) is 4.90 Å². The van der Waals surface area contributed by atoms with Crippen molar-refractivity contribution in [2.24, 2.45) is 0 Å². The number of β-amino-alcohol motifs (C(OH)–C–C–N with tert-alkyl or cyclic N) is 1. The summed E-state index contributed by atoms with van der Waals surface area (Å²) >= 11 is 0. The Kier molecular flexibility index (Phi) is 5.34. The lowest BCUT2D eigenvalue weighted by molar-refractivity contribution is -0.0588. The average Bonchev–Trinajstić information content (AvgIpc) is 2.80. The number of aliphatic hydroxyl groups is 2. The Labute approximate surface area is 182 Å². The molecule has 0 aliphatic carbocycles. The predicted octanol–water partition coefficient (Wildman–Crippen LogP) is 4.23. The van der Waals surface area contributed by atoms with Crippen LogP contribution in [-0.4, -0.2) is 47.5 Å². The van der Waals surface area contributed by atoms with Gasteiger partial charge in [0, 0.05) is 37.7 Å². The molecule has 5 nitrogen and oxygen atoms in total. The highest BCUT2D eigenvalue weighted by molar-refractivity contribution is 5.83. The Balaban J connectivity index is 1.24. The fraction of sp³-hybridized carbons (Fsp3) is 0.385. The summed E-state index contributed by atoms with van der Waals surface area (Å²) < 4.78 is 11.8. The molecule has 5 rings (SSSR count). The Morgan fingerprint density at radius 2 is 1.84 bits per heavy atom. The van der Waals surface area contributed by atoms with E-state index in [1.807, 2.05) is 36.4 Å². The molecule has 0 amide bonds. The zero-order valence-corrected chi connectivity index (χ0v) is 17.8. The van der Waals surface area contributed by atoms with Crippen molar-refractivity contribution in [2.75, 3.05) is 26.7 Å². The number of piperidine rings is 1. The molecule has 3 aromatic carbocycles. The molecule has 0 aromatic heterocycles. The first-order valence-electron chi connectivity index (χ1n) is 11.0. The van der Waals surface area contributed by atoms with Gasteiger partial charge in [0.05, 0.1) is 19.3 Å². The predicted molar refractivity (Wildman–Crippen MR) is 121 cm³/mol. The number of rotatable bonds is 4. The van der Waals surface area contributed by atoms with E-state index in [0.29, 0.717) is 13.0 Å². The molecular weight excluding hydrogens is 390 g/mol. The van der Waals surface area contributed by atoms with Crippen molar-refractivity contribution in [3.8, 4) is 11.5 Å². The van der Waals surface area contributed by atoms with Crippen LogP contribution in [0.2, 0.25) is 0 Å². The Bertz CT molecular complexity index is 1070. The van der Waals surface area contributed by atoms with E-state index in [1.54, 1.807) is 7.11 Å². The molecule has 0 bridgehead atoms. The van der Waals surface area contributed by atoms with Crippen LogP contribution in [0.5, 0.6) is 11.5 Å². The molecule has 162 valence electrons. The van der Waals surface area contributed by atoms with Gasteiger partial charge in [0.2, 0.25) is 0 Å². The largest absolute Gasteiger partial charge is 0.497 e. The molecule has 2 N–H and O–H groups in total. The summed E-state index contributed by atoms with van der Waals surface area (Å²) in [5, 5.41) is 23.9. The highest BCUT2D eigenvalue weighted by atomic mass is 16.5. The molecule has 1 spiro atoms. The van der Waals surface area contributed by atoms with Gasteiger partial charge in [-0.1, -0.05) is 36.4 Å². The number of benzene rings is 3. The van der Waals surface area contributed by atoms with E-state index in [-0.39, 0.29) is 5.60 Å². The Hall–Kier alpha value is -2.60. The monoisotopic (exact) mass is 419 g/mol. The van der Waals surface area contributed by atoms with Crippen LogP contribution in [-0.2, 0) is 0 Å². The van der Waals surface area contributed by atoms with Crippen molar-refractivity contribution < 1.29 is 19.7 Å². The molecule has 0 saturated carbocycles. The lowest BCUT2D eigenvalue weighted by Crippen LogP contribution is -2.51. The van der Waals surface area contributed by atoms with Gasteiger partial charge in [-0.05, 0) is 47.4 Å². The standard InChI is InChI=1S/C26H29NO4/c1-30-21-8-9-22-23(28)16-26(31-25(22)15-21)10-12-27(13-11-26)17-24(29)20-7-6-18-4-2-3-5-19(18)14-20/h2-9,14-15,23-24,28-29H,10-13,16-17H2,1H3/t23-,24-/m1/s1. The van der Waals surface area contributed by atoms with Crippen LogP contribution in [0.4, 0.5) is 0 Å². The van der Waals surface area contributed by atoms with E-state index in [0.717, 1.165) is 53.9 Å². The number of methoxy groups -OCH3 is 1. The number of hydrogen-bond donors (Lipinski definition) is 2. The second kappa shape index (κ2) is 8.15. The Morgan fingerprint density at radius 3 is 2.61 bits per heavy atom. The first-order chi connectivity index (χ1) is 15.0. The second-order valence-corrected chi connectivity index (χ2v) is 8.83. The van der Waals surface area contributed by atoms with Crippen LogP contribution in [0.25, 0.3) is 10.8 Å². The van der Waals surface area contributed by atoms with E-state index in [4.69, 9.17) is 9.47 Å². The molecule has 2 heterocycles. The SMILES string of the molecule is COc1ccc2c(c1)OC1(CCN(C[C@@H](O)c3ccc4ccccc4c3)CC1)C[C@H]2O. The molecule has 2 atom stereocenters. The summed E-state index contributed by atoms with van der Waals surface area (Å²) in [4.78, 5) is 2.29. The third-order valence-electron chi connectivity index (χ3n) is 6.83. The molecule has 1 fully saturated rings. The highest BCUT2D eigenvalue weighted by Crippen LogP contribution is 2.45. The number of ether oxygens (including phenoxy) is 2. The zero-order chi connectivity index (χ0) is 21.4. The quantitative estimate of drug-likeness (QED) is 0.663. The van der Waals surface area contributed by atoms with Crippen molar-refractivity contribution >= 4 is 10.8 Å². The lowest BCUT2D eigenvalue weighted by atomic mass is 9.81. The molecule has 1 saturated heterocycles. The van der Waals surface area contributed by atoms with Crippen LogP contribution < -0.4 is 9.47 Å². The van der Waals surface area contributed by atoms with E-state index in [1.165, 1.54) is 5.39 Å². The minimum absolute atomic E-state index is 0.358. The van der Waals surface area contributed by atoms with E-state index >= 15 is 0 Å². The molecule has 3 aromatic rings. The van der Waals surface area contributed by atoms with Crippen LogP contribution in [0.1, 0.15) is 42.6 Å². The lowest BCUT2D eigenvalue weighted by Gasteiger charge is -2.46. The summed E-state index contributed by atoms with van der Waals surface area (Å²) in [6.07, 6.45) is 1.20. The molecular formula is C26H29NO4. The van der Waals surface area contributed by atoms with Gasteiger partial charge in [0.25, 0.3) is 0 Å². The topological polar surface area (TPSA) is 62.2 Å². The first-order valence-corrected chi connectivity index (χ1v) is 11.0. The number of nitrogens with zero attached hydrogens (tertiary/aromatic N) is 1. The number of fused-ring (bicyclic) bond motifs is 2. The Morgan fingerprint density at radius 1 is 1.06 bits per heavy atom. The molecule has 0 unspecified atom stereocenters. The normalized spacial score (nSPS) is 21.5. The third kappa shape index (κ3) is 4.01. The third-order valence-corrected chi connectivity index (χ3v) is 6.83. The minimum Gasteiger partial charge on any atom is -0.497 e. The molecule has 0 radical (unpaired) electrons. The molecule has 2 aliphatic rings. The summed E-state index contributed by atoms with van der Waals surface area (Å²) in [6, 6.07) is 20.0. The van der Waals surface area contributed by atoms with Gasteiger partial charge in [0.15, 0.2) is 0 Å². The molecule has 31 heavy (non-hydrogen) atoms. The number of likely N-dealkylation sites (tertiary alicyclic amines) is 1. The van der Waals surface area contributed by atoms with Gasteiger partial charge in [-0.2, -0.15) is 0 Å². The smallest absolute Gasteiger partial charge is 0.129 e. The van der Waals surface area contributed by atoms with Crippen molar-refractivity contribution in [2.45, 2.75) is 37.1 Å². The minimum atomic E-state index is -0.526. The van der Waals surface area contributed by atoms with Gasteiger partial charge in [-0.25, -0.2) is 0 Å². The number of aliphatic hydroxyl groups excluding tert-OH is 2. The van der Waals surface area contributed by atoms with E-state index in [2.05, 4.69) is 29.2 Å². The van der Waals surface area contributed by atoms with Gasteiger partial charge in [-0.3, -0.25) is 0 Å². The maximum atomic E-state index is 10.8. The van der Waals surface area contributed by atoms with Crippen molar-refractivity contribution in [3.05, 3.63) is 71.8 Å². The van der Waals surface area contributed by atoms with Crippen molar-refractivity contribution in [3.63, 3.8) is 0 Å². The maximum Gasteiger partial charge on any atom is 0.129 e. The molecule has 2 aliphatic heterocycles. The highest BCUT2D eigenvalue weighted by Gasteiger charge is 2.43. The first kappa shape index (κ1) is 20.3. The van der Waals surface area contributed by atoms with E-state index in [9.17, 15) is 10.2 Å². The summed E-state index contributed by atoms with van der Waals surface area (Å²) in [7, 11) is 1.64.